The number of halogens is 1. The van der Waals surface area contributed by atoms with E-state index in [1.165, 1.54) is 16.7 Å². The van der Waals surface area contributed by atoms with Crippen molar-refractivity contribution in [3.8, 4) is 0 Å². The van der Waals surface area contributed by atoms with E-state index in [2.05, 4.69) is 0 Å². The Bertz CT molecular complexity index is 932. The van der Waals surface area contributed by atoms with E-state index >= 15 is 0 Å². The van der Waals surface area contributed by atoms with Gasteiger partial charge in [0.1, 0.15) is 18.2 Å². The summed E-state index contributed by atoms with van der Waals surface area (Å²) in [6, 6.07) is 4.32. The first-order valence-electron chi connectivity index (χ1n) is 8.59. The van der Waals surface area contributed by atoms with E-state index in [0.717, 1.165) is 17.7 Å². The third-order valence-corrected chi connectivity index (χ3v) is 4.28. The fourth-order valence-corrected chi connectivity index (χ4v) is 2.68. The Labute approximate surface area is 152 Å². The van der Waals surface area contributed by atoms with Gasteiger partial charge in [-0.15, -0.1) is 0 Å². The van der Waals surface area contributed by atoms with Crippen LogP contribution in [0, 0.1) is 5.82 Å². The molecule has 0 amide bonds. The molecule has 0 aliphatic rings. The second-order valence-corrected chi connectivity index (χ2v) is 5.93. The van der Waals surface area contributed by atoms with E-state index in [-0.39, 0.29) is 24.7 Å². The highest BCUT2D eigenvalue weighted by molar-refractivity contribution is 5.82. The van der Waals surface area contributed by atoms with Crippen molar-refractivity contribution in [1.29, 1.82) is 0 Å². The van der Waals surface area contributed by atoms with E-state index in [9.17, 15) is 9.18 Å². The molecule has 0 fully saturated rings. The third kappa shape index (κ3) is 3.96. The summed E-state index contributed by atoms with van der Waals surface area (Å²) in [5.74, 6) is 0.215. The van der Waals surface area contributed by atoms with Gasteiger partial charge in [-0.1, -0.05) is 6.92 Å². The van der Waals surface area contributed by atoms with E-state index in [4.69, 9.17) is 9.84 Å². The number of benzene rings is 1. The first kappa shape index (κ1) is 19.7. The van der Waals surface area contributed by atoms with Gasteiger partial charge in [0.05, 0.1) is 17.6 Å². The number of fused-ring (bicyclic) bond motifs is 1. The van der Waals surface area contributed by atoms with Crippen molar-refractivity contribution in [3.63, 3.8) is 0 Å². The summed E-state index contributed by atoms with van der Waals surface area (Å²) in [5, 5.41) is 8.91. The maximum Gasteiger partial charge on any atom is 0.333 e. The first-order chi connectivity index (χ1) is 12.4. The molecular weight excluding hydrogens is 335 g/mol. The highest BCUT2D eigenvalue weighted by Gasteiger charge is 2.15. The smallest absolute Gasteiger partial charge is 0.333 e. The minimum atomic E-state index is -0.382. The molecule has 0 unspecified atom stereocenters. The monoisotopic (exact) mass is 360 g/mol. The van der Waals surface area contributed by atoms with Gasteiger partial charge in [-0.2, -0.15) is 0 Å². The Balaban J connectivity index is 2.62. The Morgan fingerprint density at radius 3 is 2.65 bits per heavy atom. The summed E-state index contributed by atoms with van der Waals surface area (Å²) in [7, 11) is 1.63. The maximum atomic E-state index is 13.6. The Morgan fingerprint density at radius 1 is 1.31 bits per heavy atom. The normalized spacial score (nSPS) is 13.5. The van der Waals surface area contributed by atoms with E-state index in [1.807, 2.05) is 26.8 Å². The summed E-state index contributed by atoms with van der Waals surface area (Å²) in [4.78, 5) is 12.8. The van der Waals surface area contributed by atoms with Crippen LogP contribution in [0.1, 0.15) is 27.2 Å². The number of aliphatic hydroxyl groups excluding tert-OH is 1. The number of nitrogens with zero attached hydrogens (tertiary/aromatic N) is 2. The molecule has 2 aromatic rings. The number of aromatic nitrogens is 2. The largest absolute Gasteiger partial charge is 0.492 e. The van der Waals surface area contributed by atoms with Gasteiger partial charge in [0, 0.05) is 12.7 Å². The van der Waals surface area contributed by atoms with Gasteiger partial charge in [-0.25, -0.2) is 9.18 Å². The Kier molecular flexibility index (Phi) is 6.58. The number of ether oxygens (including phenoxy) is 1. The van der Waals surface area contributed by atoms with Gasteiger partial charge >= 0.3 is 5.69 Å². The number of imidazole rings is 1. The summed E-state index contributed by atoms with van der Waals surface area (Å²) in [5.41, 5.74) is 2.67. The van der Waals surface area contributed by atoms with Gasteiger partial charge in [0.2, 0.25) is 0 Å². The number of aliphatic hydroxyl groups is 1. The van der Waals surface area contributed by atoms with Crippen LogP contribution in [-0.4, -0.2) is 27.5 Å². The molecule has 0 spiro atoms. The maximum absolute atomic E-state index is 13.6. The Hall–Kier alpha value is -2.60. The summed E-state index contributed by atoms with van der Waals surface area (Å²) < 4.78 is 22.1. The predicted octanol–water partition coefficient (Wildman–Crippen LogP) is 3.59. The zero-order valence-corrected chi connectivity index (χ0v) is 15.6. The molecule has 0 atom stereocenters. The average Bonchev–Trinajstić information content (AvgIpc) is 2.88. The first-order valence-corrected chi connectivity index (χ1v) is 8.59. The van der Waals surface area contributed by atoms with Crippen molar-refractivity contribution in [2.45, 2.75) is 27.2 Å². The number of aryl methyl sites for hydroxylation is 1. The lowest BCUT2D eigenvalue weighted by molar-refractivity contribution is 0.152. The SMILES string of the molecule is C\C=C(/C=C\C(=C(\C)CC)n1c(=O)n(C)c2cc(F)ccc21)OCCO. The fraction of sp³-hybridized carbons (Fsp3) is 0.350. The van der Waals surface area contributed by atoms with Gasteiger partial charge < -0.3 is 9.84 Å². The molecule has 5 nitrogen and oxygen atoms in total. The van der Waals surface area contributed by atoms with Crippen LogP contribution in [-0.2, 0) is 11.8 Å². The summed E-state index contributed by atoms with van der Waals surface area (Å²) in [6.45, 7) is 5.93. The van der Waals surface area contributed by atoms with Crippen molar-refractivity contribution in [2.75, 3.05) is 13.2 Å². The predicted molar refractivity (Wildman–Crippen MR) is 102 cm³/mol. The second-order valence-electron chi connectivity index (χ2n) is 5.93. The molecule has 1 aromatic heterocycles. The van der Waals surface area contributed by atoms with Crippen LogP contribution in [0.3, 0.4) is 0 Å². The van der Waals surface area contributed by atoms with Crippen molar-refractivity contribution in [1.82, 2.24) is 9.13 Å². The number of allylic oxidation sites excluding steroid dienone is 5. The van der Waals surface area contributed by atoms with Crippen LogP contribution in [0.15, 0.2) is 52.6 Å². The molecular formula is C20H25FN2O3. The minimum absolute atomic E-state index is 0.0732. The highest BCUT2D eigenvalue weighted by Crippen LogP contribution is 2.22. The molecule has 0 saturated carbocycles. The van der Waals surface area contributed by atoms with Gasteiger partial charge in [-0.05, 0) is 62.3 Å². The summed E-state index contributed by atoms with van der Waals surface area (Å²) >= 11 is 0. The molecule has 2 rings (SSSR count). The van der Waals surface area contributed by atoms with E-state index < -0.39 is 0 Å². The lowest BCUT2D eigenvalue weighted by Gasteiger charge is -2.10. The van der Waals surface area contributed by atoms with Gasteiger partial charge in [0.25, 0.3) is 0 Å². The molecule has 0 saturated heterocycles. The molecule has 6 heteroatoms. The number of hydrogen-bond acceptors (Lipinski definition) is 3. The van der Waals surface area contributed by atoms with Crippen LogP contribution < -0.4 is 5.69 Å². The average molecular weight is 360 g/mol. The van der Waals surface area contributed by atoms with Gasteiger partial charge in [0.15, 0.2) is 0 Å². The molecule has 1 N–H and O–H groups in total. The molecule has 1 aromatic carbocycles. The molecule has 0 radical (unpaired) electrons. The van der Waals surface area contributed by atoms with Crippen molar-refractivity contribution in [2.24, 2.45) is 7.05 Å². The molecule has 0 bridgehead atoms. The Morgan fingerprint density at radius 2 is 2.04 bits per heavy atom. The standard InChI is InChI=1S/C20H25FN2O3/c1-5-14(3)17(10-8-16(6-2)26-12-11-24)23-18-9-7-15(21)13-19(18)22(4)20(23)25/h6-10,13,24H,5,11-12H2,1-4H3/b10-8-,16-6+,17-14+. The van der Waals surface area contributed by atoms with E-state index in [0.29, 0.717) is 16.8 Å². The van der Waals surface area contributed by atoms with Crippen molar-refractivity contribution < 1.29 is 14.2 Å². The van der Waals surface area contributed by atoms with Crippen molar-refractivity contribution >= 4 is 16.7 Å². The van der Waals surface area contributed by atoms with Crippen LogP contribution in [0.5, 0.6) is 0 Å². The lowest BCUT2D eigenvalue weighted by atomic mass is 10.1. The molecule has 140 valence electrons. The zero-order valence-electron chi connectivity index (χ0n) is 15.6. The molecule has 0 aliphatic heterocycles. The van der Waals surface area contributed by atoms with E-state index in [1.54, 1.807) is 29.8 Å². The van der Waals surface area contributed by atoms with Crippen molar-refractivity contribution in [3.05, 3.63) is 64.1 Å². The fourth-order valence-electron chi connectivity index (χ4n) is 2.68. The molecule has 0 aliphatic carbocycles. The van der Waals surface area contributed by atoms with Crippen LogP contribution in [0.4, 0.5) is 4.39 Å². The summed E-state index contributed by atoms with van der Waals surface area (Å²) in [6.07, 6.45) is 6.12. The van der Waals surface area contributed by atoms with Crippen LogP contribution in [0.25, 0.3) is 16.7 Å². The zero-order chi connectivity index (χ0) is 19.3. The molecule has 1 heterocycles. The lowest BCUT2D eigenvalue weighted by Crippen LogP contribution is -2.21. The van der Waals surface area contributed by atoms with Crippen LogP contribution >= 0.6 is 0 Å². The number of hydrogen-bond donors (Lipinski definition) is 1. The minimum Gasteiger partial charge on any atom is -0.492 e. The van der Waals surface area contributed by atoms with Gasteiger partial charge in [-0.3, -0.25) is 9.13 Å². The quantitative estimate of drug-likeness (QED) is 0.606. The topological polar surface area (TPSA) is 56.4 Å². The second kappa shape index (κ2) is 8.67. The highest BCUT2D eigenvalue weighted by atomic mass is 19.1. The number of rotatable bonds is 7. The third-order valence-electron chi connectivity index (χ3n) is 4.28. The molecule has 26 heavy (non-hydrogen) atoms. The van der Waals surface area contributed by atoms with Crippen LogP contribution in [0.2, 0.25) is 0 Å².